The molecule has 1 atom stereocenters. The van der Waals surface area contributed by atoms with Crippen LogP contribution in [-0.2, 0) is 26.0 Å². The average Bonchev–Trinajstić information content (AvgIpc) is 3.62. The number of hydrogen-bond acceptors (Lipinski definition) is 5. The molecule has 0 spiro atoms. The first-order valence-electron chi connectivity index (χ1n) is 10.6. The van der Waals surface area contributed by atoms with Crippen LogP contribution in [0.5, 0.6) is 0 Å². The van der Waals surface area contributed by atoms with Crippen molar-refractivity contribution in [3.8, 4) is 11.1 Å². The number of nitrogens with zero attached hydrogens (tertiary/aromatic N) is 2. The number of benzene rings is 2. The Morgan fingerprint density at radius 3 is 2.48 bits per heavy atom. The minimum Gasteiger partial charge on any atom is -0.353 e. The third-order valence-corrected chi connectivity index (χ3v) is 6.81. The summed E-state index contributed by atoms with van der Waals surface area (Å²) in [5, 5.41) is 8.13. The lowest BCUT2D eigenvalue weighted by molar-refractivity contribution is -0.133. The Morgan fingerprint density at radius 2 is 1.79 bits per heavy atom. The van der Waals surface area contributed by atoms with E-state index in [1.165, 1.54) is 17.0 Å². The van der Waals surface area contributed by atoms with E-state index >= 15 is 0 Å². The van der Waals surface area contributed by atoms with Gasteiger partial charge in [0.25, 0.3) is 0 Å². The van der Waals surface area contributed by atoms with Crippen molar-refractivity contribution in [2.45, 2.75) is 30.2 Å². The summed E-state index contributed by atoms with van der Waals surface area (Å²) in [5.74, 6) is -0.877. The van der Waals surface area contributed by atoms with E-state index in [9.17, 15) is 18.0 Å². The first-order chi connectivity index (χ1) is 15.8. The lowest BCUT2D eigenvalue weighted by atomic mass is 9.92. The van der Waals surface area contributed by atoms with Gasteiger partial charge in [0.15, 0.2) is 0 Å². The van der Waals surface area contributed by atoms with Gasteiger partial charge in [-0.15, -0.1) is 0 Å². The Kier molecular flexibility index (Phi) is 5.22. The third-order valence-electron chi connectivity index (χ3n) is 5.88. The van der Waals surface area contributed by atoms with Crippen molar-refractivity contribution in [2.24, 2.45) is 11.1 Å². The second-order valence-electron chi connectivity index (χ2n) is 8.32. The Hall–Kier alpha value is -3.56. The van der Waals surface area contributed by atoms with Gasteiger partial charge in [0.05, 0.1) is 10.6 Å². The molecule has 8 nitrogen and oxygen atoms in total. The molecule has 5 rings (SSSR count). The number of fused-ring (bicyclic) bond motifs is 1. The first kappa shape index (κ1) is 21.3. The van der Waals surface area contributed by atoms with Crippen molar-refractivity contribution in [1.29, 1.82) is 0 Å². The minimum absolute atomic E-state index is 0.0243. The number of nitrogens with two attached hydrogens (primary N) is 1. The number of primary sulfonamides is 1. The van der Waals surface area contributed by atoms with Crippen molar-refractivity contribution in [3.63, 3.8) is 0 Å². The van der Waals surface area contributed by atoms with Gasteiger partial charge in [-0.3, -0.25) is 14.5 Å². The number of sulfonamides is 1. The number of rotatable bonds is 5. The van der Waals surface area contributed by atoms with Crippen LogP contribution in [0.1, 0.15) is 18.4 Å². The maximum absolute atomic E-state index is 13.5. The highest BCUT2D eigenvalue weighted by atomic mass is 32.2. The van der Waals surface area contributed by atoms with Gasteiger partial charge in [0.2, 0.25) is 21.8 Å². The fourth-order valence-corrected chi connectivity index (χ4v) is 4.52. The Morgan fingerprint density at radius 1 is 1.03 bits per heavy atom. The molecule has 1 aromatic heterocycles. The summed E-state index contributed by atoms with van der Waals surface area (Å²) in [6, 6.07) is 17.3. The molecule has 2 aromatic carbocycles. The van der Waals surface area contributed by atoms with Crippen molar-refractivity contribution >= 4 is 33.3 Å². The van der Waals surface area contributed by atoms with Gasteiger partial charge in [0, 0.05) is 12.2 Å². The largest absolute Gasteiger partial charge is 0.353 e. The highest BCUT2D eigenvalue weighted by Crippen LogP contribution is 2.37. The number of carbonyl (C=O) groups excluding carboxylic acids is 2. The van der Waals surface area contributed by atoms with Crippen LogP contribution >= 0.6 is 0 Å². The van der Waals surface area contributed by atoms with E-state index in [4.69, 9.17) is 5.14 Å². The van der Waals surface area contributed by atoms with Gasteiger partial charge in [-0.2, -0.15) is 0 Å². The monoisotopic (exact) mass is 462 g/mol. The molecule has 168 valence electrons. The average molecular weight is 463 g/mol. The Bertz CT molecular complexity index is 1350. The van der Waals surface area contributed by atoms with Gasteiger partial charge in [-0.25, -0.2) is 18.5 Å². The molecule has 33 heavy (non-hydrogen) atoms. The Balaban J connectivity index is 1.52. The van der Waals surface area contributed by atoms with Crippen molar-refractivity contribution in [1.82, 2.24) is 10.3 Å². The smallest absolute Gasteiger partial charge is 0.245 e. The summed E-state index contributed by atoms with van der Waals surface area (Å²) in [7, 11) is -3.79. The predicted octanol–water partition coefficient (Wildman–Crippen LogP) is 2.51. The zero-order chi connectivity index (χ0) is 23.2. The molecule has 0 bridgehead atoms. The number of anilines is 2. The number of hydrogen-bond donors (Lipinski definition) is 2. The lowest BCUT2D eigenvalue weighted by Gasteiger charge is -2.32. The summed E-state index contributed by atoms with van der Waals surface area (Å²) in [4.78, 5) is 32.2. The van der Waals surface area contributed by atoms with E-state index < -0.39 is 15.9 Å². The number of amides is 2. The molecule has 1 aliphatic carbocycles. The fraction of sp³-hybridized carbons (Fsp3) is 0.208. The van der Waals surface area contributed by atoms with Crippen LogP contribution in [0.15, 0.2) is 71.8 Å². The van der Waals surface area contributed by atoms with Gasteiger partial charge in [-0.05, 0) is 66.3 Å². The second-order valence-corrected chi connectivity index (χ2v) is 9.88. The van der Waals surface area contributed by atoms with Gasteiger partial charge >= 0.3 is 0 Å². The molecule has 2 aliphatic rings. The number of carbonyl (C=O) groups is 2. The highest BCUT2D eigenvalue weighted by Gasteiger charge is 2.40. The molecule has 3 aromatic rings. The molecule has 2 amide bonds. The molecule has 1 aliphatic heterocycles. The van der Waals surface area contributed by atoms with E-state index in [0.29, 0.717) is 17.9 Å². The molecule has 0 radical (unpaired) electrons. The van der Waals surface area contributed by atoms with E-state index in [-0.39, 0.29) is 22.8 Å². The van der Waals surface area contributed by atoms with Crippen LogP contribution in [-0.4, -0.2) is 31.3 Å². The van der Waals surface area contributed by atoms with Crippen LogP contribution in [0.3, 0.4) is 0 Å². The van der Waals surface area contributed by atoms with Crippen molar-refractivity contribution in [3.05, 3.63) is 72.4 Å². The second kappa shape index (κ2) is 8.09. The van der Waals surface area contributed by atoms with E-state index in [1.54, 1.807) is 30.5 Å². The molecular weight excluding hydrogens is 440 g/mol. The molecule has 1 fully saturated rings. The molecular formula is C24H22N4O4S. The van der Waals surface area contributed by atoms with Crippen LogP contribution in [0.4, 0.5) is 11.5 Å². The zero-order valence-electron chi connectivity index (χ0n) is 17.6. The summed E-state index contributed by atoms with van der Waals surface area (Å²) < 4.78 is 23.1. The van der Waals surface area contributed by atoms with Crippen molar-refractivity contribution in [2.75, 3.05) is 4.90 Å². The Labute approximate surface area is 191 Å². The number of aromatic nitrogens is 1. The molecule has 3 N–H and O–H groups in total. The topological polar surface area (TPSA) is 122 Å². The number of nitrogens with one attached hydrogen (secondary N) is 1. The summed E-state index contributed by atoms with van der Waals surface area (Å²) in [6.07, 6.45) is 3.83. The molecule has 1 unspecified atom stereocenters. The fourth-order valence-electron chi connectivity index (χ4n) is 4.00. The quantitative estimate of drug-likeness (QED) is 0.564. The SMILES string of the molecule is NS(=O)(=O)c1ccc(-c2cccc(N3C(=O)C(C(=O)NC4CC4)Cc4cccnc43)c2)cc1. The molecule has 0 saturated heterocycles. The van der Waals surface area contributed by atoms with Gasteiger partial charge < -0.3 is 5.32 Å². The first-order valence-corrected chi connectivity index (χ1v) is 12.2. The standard InChI is InChI=1S/C24H22N4O4S/c25-33(31,32)20-10-6-15(7-11-20)16-3-1-5-19(13-16)28-22-17(4-2-12-26-22)14-21(24(28)30)23(29)27-18-8-9-18/h1-7,10-13,18,21H,8-9,14H2,(H,27,29)(H2,25,31,32). The van der Waals surface area contributed by atoms with E-state index in [1.807, 2.05) is 24.3 Å². The lowest BCUT2D eigenvalue weighted by Crippen LogP contribution is -2.47. The van der Waals surface area contributed by atoms with Gasteiger partial charge in [-0.1, -0.05) is 30.3 Å². The summed E-state index contributed by atoms with van der Waals surface area (Å²) in [5.41, 5.74) is 2.95. The van der Waals surface area contributed by atoms with E-state index in [2.05, 4.69) is 10.3 Å². The van der Waals surface area contributed by atoms with Gasteiger partial charge in [0.1, 0.15) is 11.7 Å². The molecule has 9 heteroatoms. The van der Waals surface area contributed by atoms with Crippen LogP contribution in [0, 0.1) is 5.92 Å². The highest BCUT2D eigenvalue weighted by molar-refractivity contribution is 7.89. The van der Waals surface area contributed by atoms with Crippen molar-refractivity contribution < 1.29 is 18.0 Å². The maximum atomic E-state index is 13.5. The zero-order valence-corrected chi connectivity index (χ0v) is 18.5. The summed E-state index contributed by atoms with van der Waals surface area (Å²) >= 11 is 0. The summed E-state index contributed by atoms with van der Waals surface area (Å²) in [6.45, 7) is 0. The van der Waals surface area contributed by atoms with Crippen LogP contribution in [0.25, 0.3) is 11.1 Å². The number of pyridine rings is 1. The maximum Gasteiger partial charge on any atom is 0.245 e. The van der Waals surface area contributed by atoms with E-state index in [0.717, 1.165) is 29.5 Å². The van der Waals surface area contributed by atoms with Crippen LogP contribution < -0.4 is 15.4 Å². The predicted molar refractivity (Wildman–Crippen MR) is 123 cm³/mol. The minimum atomic E-state index is -3.79. The normalized spacial score (nSPS) is 18.0. The third kappa shape index (κ3) is 4.24. The molecule has 1 saturated carbocycles. The van der Waals surface area contributed by atoms with Crippen LogP contribution in [0.2, 0.25) is 0 Å². The molecule has 2 heterocycles.